The first-order valence-corrected chi connectivity index (χ1v) is 11.3. The summed E-state index contributed by atoms with van der Waals surface area (Å²) in [6.45, 7) is 6.23. The highest BCUT2D eigenvalue weighted by molar-refractivity contribution is 5.65. The van der Waals surface area contributed by atoms with Crippen LogP contribution in [0.5, 0.6) is 0 Å². The number of imidazole rings is 1. The van der Waals surface area contributed by atoms with Crippen molar-refractivity contribution in [2.24, 2.45) is 0 Å². The van der Waals surface area contributed by atoms with E-state index in [0.717, 1.165) is 69.2 Å². The van der Waals surface area contributed by atoms with Gasteiger partial charge in [-0.05, 0) is 36.0 Å². The van der Waals surface area contributed by atoms with Gasteiger partial charge in [0.05, 0.1) is 26.3 Å². The van der Waals surface area contributed by atoms with Crippen LogP contribution >= 0.6 is 0 Å². The van der Waals surface area contributed by atoms with Gasteiger partial charge in [-0.3, -0.25) is 4.90 Å². The van der Waals surface area contributed by atoms with Crippen LogP contribution in [0, 0.1) is 0 Å². The first kappa shape index (κ1) is 18.9. The summed E-state index contributed by atoms with van der Waals surface area (Å²) < 4.78 is 7.89. The van der Waals surface area contributed by atoms with E-state index in [0.29, 0.717) is 0 Å². The van der Waals surface area contributed by atoms with E-state index in [1.807, 2.05) is 0 Å². The molecule has 1 N–H and O–H groups in total. The minimum atomic E-state index is 0.766. The van der Waals surface area contributed by atoms with Crippen LogP contribution in [-0.4, -0.2) is 47.3 Å². The summed E-state index contributed by atoms with van der Waals surface area (Å²) in [5.74, 6) is 3.07. The van der Waals surface area contributed by atoms with Crippen molar-refractivity contribution >= 4 is 11.9 Å². The first-order valence-electron chi connectivity index (χ1n) is 11.3. The van der Waals surface area contributed by atoms with Crippen molar-refractivity contribution < 1.29 is 4.74 Å². The summed E-state index contributed by atoms with van der Waals surface area (Å²) in [5, 5.41) is 3.54. The van der Waals surface area contributed by atoms with Gasteiger partial charge >= 0.3 is 0 Å². The second kappa shape index (κ2) is 8.72. The molecular weight excluding hydrogens is 360 g/mol. The lowest BCUT2D eigenvalue weighted by Gasteiger charge is -2.26. The van der Waals surface area contributed by atoms with Gasteiger partial charge in [-0.25, -0.2) is 4.98 Å². The van der Waals surface area contributed by atoms with Crippen molar-refractivity contribution in [1.29, 1.82) is 0 Å². The van der Waals surface area contributed by atoms with Gasteiger partial charge < -0.3 is 14.6 Å². The molecule has 1 aromatic heterocycles. The Bertz CT molecular complexity index is 843. The van der Waals surface area contributed by atoms with Gasteiger partial charge in [0.15, 0.2) is 0 Å². The smallest absolute Gasteiger partial charge is 0.134 e. The Hall–Kier alpha value is -2.11. The minimum Gasteiger partial charge on any atom is -0.379 e. The number of aromatic nitrogens is 2. The fourth-order valence-electron chi connectivity index (χ4n) is 4.91. The van der Waals surface area contributed by atoms with E-state index < -0.39 is 0 Å². The molecule has 1 aromatic carbocycles. The zero-order valence-electron chi connectivity index (χ0n) is 17.3. The van der Waals surface area contributed by atoms with Crippen LogP contribution in [0.2, 0.25) is 0 Å². The van der Waals surface area contributed by atoms with Crippen molar-refractivity contribution in [1.82, 2.24) is 14.5 Å². The molecule has 0 amide bonds. The fraction of sp³-hybridized carbons (Fsp3) is 0.542. The third-order valence-corrected chi connectivity index (χ3v) is 6.60. The molecule has 2 aliphatic heterocycles. The summed E-state index contributed by atoms with van der Waals surface area (Å²) in [7, 11) is 0. The third-order valence-electron chi connectivity index (χ3n) is 6.60. The molecule has 0 bridgehead atoms. The van der Waals surface area contributed by atoms with E-state index in [1.165, 1.54) is 43.2 Å². The maximum atomic E-state index is 5.51. The van der Waals surface area contributed by atoms with Crippen molar-refractivity contribution in [3.8, 4) is 0 Å². The highest BCUT2D eigenvalue weighted by atomic mass is 16.5. The second-order valence-electron chi connectivity index (χ2n) is 8.60. The normalized spacial score (nSPS) is 20.4. The Kier molecular flexibility index (Phi) is 5.68. The minimum absolute atomic E-state index is 0.766. The zero-order chi connectivity index (χ0) is 19.5. The molecule has 1 saturated carbocycles. The molecule has 1 saturated heterocycles. The molecule has 2 fully saturated rings. The lowest BCUT2D eigenvalue weighted by molar-refractivity contribution is 0.0326. The maximum Gasteiger partial charge on any atom is 0.134 e. The highest BCUT2D eigenvalue weighted by Gasteiger charge is 2.21. The van der Waals surface area contributed by atoms with E-state index >= 15 is 0 Å². The number of ether oxygens (including phenoxy) is 1. The van der Waals surface area contributed by atoms with Crippen LogP contribution in [0.1, 0.15) is 60.7 Å². The van der Waals surface area contributed by atoms with Gasteiger partial charge in [-0.15, -0.1) is 0 Å². The molecule has 5 rings (SSSR count). The number of nitrogens with one attached hydrogen (secondary N) is 1. The predicted octanol–water partition coefficient (Wildman–Crippen LogP) is 4.25. The number of morpholine rings is 1. The molecule has 5 nitrogen and oxygen atoms in total. The molecule has 2 aromatic rings. The number of anilines is 1. The van der Waals surface area contributed by atoms with Crippen LogP contribution in [-0.2, 0) is 17.8 Å². The largest absolute Gasteiger partial charge is 0.379 e. The van der Waals surface area contributed by atoms with Crippen LogP contribution < -0.4 is 5.32 Å². The van der Waals surface area contributed by atoms with Crippen molar-refractivity contribution in [2.45, 2.75) is 51.1 Å². The average Bonchev–Trinajstić information content (AvgIpc) is 3.12. The lowest BCUT2D eigenvalue weighted by atomic mass is 9.84. The van der Waals surface area contributed by atoms with E-state index in [9.17, 15) is 0 Å². The van der Waals surface area contributed by atoms with Gasteiger partial charge in [0.2, 0.25) is 0 Å². The van der Waals surface area contributed by atoms with E-state index in [1.54, 1.807) is 0 Å². The molecule has 0 spiro atoms. The van der Waals surface area contributed by atoms with Crippen molar-refractivity contribution in [2.75, 3.05) is 38.2 Å². The third kappa shape index (κ3) is 4.26. The number of rotatable bonds is 5. The molecule has 1 aliphatic carbocycles. The van der Waals surface area contributed by atoms with Gasteiger partial charge in [-0.2, -0.15) is 0 Å². The van der Waals surface area contributed by atoms with Gasteiger partial charge in [0.1, 0.15) is 17.3 Å². The number of fused-ring (bicyclic) bond motifs is 1. The summed E-state index contributed by atoms with van der Waals surface area (Å²) >= 11 is 0. The van der Waals surface area contributed by atoms with Crippen LogP contribution in [0.3, 0.4) is 0 Å². The van der Waals surface area contributed by atoms with E-state index in [-0.39, 0.29) is 0 Å². The Balaban J connectivity index is 1.36. The molecule has 154 valence electrons. The first-order chi connectivity index (χ1) is 14.4. The molecule has 0 atom stereocenters. The number of nitrogens with zero attached hydrogens (tertiary/aromatic N) is 3. The number of hydrogen-bond acceptors (Lipinski definition) is 4. The zero-order valence-corrected chi connectivity index (χ0v) is 17.3. The Labute approximate surface area is 173 Å². The van der Waals surface area contributed by atoms with Crippen molar-refractivity contribution in [3.05, 3.63) is 53.0 Å². The number of benzene rings is 1. The molecular formula is C24H32N4O. The predicted molar refractivity (Wildman–Crippen MR) is 117 cm³/mol. The summed E-state index contributed by atoms with van der Waals surface area (Å²) in [4.78, 5) is 7.41. The quantitative estimate of drug-likeness (QED) is 0.826. The summed E-state index contributed by atoms with van der Waals surface area (Å²) in [6, 6.07) is 9.38. The number of hydrogen-bond donors (Lipinski definition) is 1. The summed E-state index contributed by atoms with van der Waals surface area (Å²) in [5.41, 5.74) is 3.94. The van der Waals surface area contributed by atoms with Crippen LogP contribution in [0.25, 0.3) is 6.08 Å². The lowest BCUT2D eigenvalue weighted by Crippen LogP contribution is -2.36. The molecule has 3 heterocycles. The highest BCUT2D eigenvalue weighted by Crippen LogP contribution is 2.33. The van der Waals surface area contributed by atoms with Crippen LogP contribution in [0.4, 0.5) is 5.82 Å². The Morgan fingerprint density at radius 1 is 1.00 bits per heavy atom. The average molecular weight is 393 g/mol. The Morgan fingerprint density at radius 3 is 2.59 bits per heavy atom. The van der Waals surface area contributed by atoms with E-state index in [2.05, 4.69) is 51.2 Å². The van der Waals surface area contributed by atoms with E-state index in [4.69, 9.17) is 9.72 Å². The van der Waals surface area contributed by atoms with Gasteiger partial charge in [0, 0.05) is 19.6 Å². The molecule has 3 aliphatic rings. The van der Waals surface area contributed by atoms with Gasteiger partial charge in [0.25, 0.3) is 0 Å². The summed E-state index contributed by atoms with van der Waals surface area (Å²) in [6.07, 6.45) is 11.2. The second-order valence-corrected chi connectivity index (χ2v) is 8.60. The molecule has 0 unspecified atom stereocenters. The fourth-order valence-corrected chi connectivity index (χ4v) is 4.91. The maximum absolute atomic E-state index is 5.51. The van der Waals surface area contributed by atoms with Gasteiger partial charge in [-0.1, -0.05) is 49.6 Å². The standard InChI is InChI=1S/C24H32N4O/c1-2-5-20(6-3-1)21-10-8-19(9-11-21)17-28-23(18-27-13-15-29-16-14-27)26-22-7-4-12-25-24(22)28/h4,7-11,20,25H,1-3,5-6,12-18H2. The Morgan fingerprint density at radius 2 is 1.79 bits per heavy atom. The van der Waals surface area contributed by atoms with Crippen molar-refractivity contribution in [3.63, 3.8) is 0 Å². The van der Waals surface area contributed by atoms with Crippen LogP contribution in [0.15, 0.2) is 30.3 Å². The SMILES string of the molecule is C1=Cc2nc(CN3CCOCC3)n(Cc3ccc(C4CCCCC4)cc3)c2NC1. The monoisotopic (exact) mass is 392 g/mol. The molecule has 29 heavy (non-hydrogen) atoms. The molecule has 0 radical (unpaired) electrons. The topological polar surface area (TPSA) is 42.3 Å². The molecule has 5 heteroatoms.